The predicted molar refractivity (Wildman–Crippen MR) is 46.9 cm³/mol. The van der Waals surface area contributed by atoms with Crippen LogP contribution >= 0.6 is 0 Å². The van der Waals surface area contributed by atoms with Gasteiger partial charge >= 0.3 is 0 Å². The van der Waals surface area contributed by atoms with Gasteiger partial charge in [0.25, 0.3) is 5.89 Å². The molecule has 2 aromatic heterocycles. The fraction of sp³-hybridized carbons (Fsp3) is 0.429. The van der Waals surface area contributed by atoms with Gasteiger partial charge in [-0.3, -0.25) is 5.10 Å². The van der Waals surface area contributed by atoms with Crippen molar-refractivity contribution in [3.8, 4) is 11.7 Å². The molecule has 0 aliphatic rings. The van der Waals surface area contributed by atoms with Crippen molar-refractivity contribution in [2.75, 3.05) is 0 Å². The molecule has 0 radical (unpaired) electrons. The van der Waals surface area contributed by atoms with Gasteiger partial charge < -0.3 is 10.2 Å². The van der Waals surface area contributed by atoms with E-state index in [4.69, 9.17) is 10.2 Å². The van der Waals surface area contributed by atoms with Crippen molar-refractivity contribution in [1.29, 1.82) is 0 Å². The maximum atomic E-state index is 5.72. The van der Waals surface area contributed by atoms with Crippen LogP contribution < -0.4 is 5.73 Å². The van der Waals surface area contributed by atoms with Gasteiger partial charge in [-0.25, -0.2) is 4.98 Å². The zero-order valence-corrected chi connectivity index (χ0v) is 7.64. The van der Waals surface area contributed by atoms with Crippen LogP contribution in [0, 0.1) is 0 Å². The number of H-pyrrole nitrogens is 1. The lowest BCUT2D eigenvalue weighted by Gasteiger charge is -1.99. The average molecular weight is 194 g/mol. The minimum absolute atomic E-state index is 0.223. The Bertz CT molecular complexity index is 394. The molecule has 3 N–H and O–H groups in total. The second-order valence-corrected chi connectivity index (χ2v) is 2.79. The van der Waals surface area contributed by atoms with E-state index in [0.717, 1.165) is 6.42 Å². The smallest absolute Gasteiger partial charge is 0.285 e. The van der Waals surface area contributed by atoms with Crippen molar-refractivity contribution in [3.63, 3.8) is 0 Å². The minimum atomic E-state index is -0.223. The van der Waals surface area contributed by atoms with E-state index in [0.29, 0.717) is 17.6 Å². The van der Waals surface area contributed by atoms with Crippen LogP contribution in [0.3, 0.4) is 0 Å². The van der Waals surface area contributed by atoms with Crippen LogP contribution in [-0.2, 0) is 0 Å². The highest BCUT2D eigenvalue weighted by atomic mass is 16.4. The second-order valence-electron chi connectivity index (χ2n) is 2.79. The molecule has 0 aliphatic heterocycles. The lowest BCUT2D eigenvalue weighted by atomic mass is 10.2. The molecule has 2 aromatic rings. The Hall–Kier alpha value is -1.76. The molecule has 7 nitrogen and oxygen atoms in total. The predicted octanol–water partition coefficient (Wildman–Crippen LogP) is 0.264. The van der Waals surface area contributed by atoms with E-state index >= 15 is 0 Å². The molecule has 0 fully saturated rings. The summed E-state index contributed by atoms with van der Waals surface area (Å²) in [6, 6.07) is -0.223. The zero-order valence-electron chi connectivity index (χ0n) is 7.64. The Morgan fingerprint density at radius 2 is 2.43 bits per heavy atom. The third-order valence-electron chi connectivity index (χ3n) is 1.82. The number of nitrogens with two attached hydrogens (primary N) is 1. The molecule has 0 aliphatic carbocycles. The van der Waals surface area contributed by atoms with Gasteiger partial charge in [-0.1, -0.05) is 6.92 Å². The maximum Gasteiger partial charge on any atom is 0.285 e. The molecule has 0 spiro atoms. The fourth-order valence-electron chi connectivity index (χ4n) is 0.963. The number of aromatic nitrogens is 5. The molecule has 0 saturated heterocycles. The molecule has 0 aromatic carbocycles. The van der Waals surface area contributed by atoms with Gasteiger partial charge in [-0.2, -0.15) is 5.10 Å². The summed E-state index contributed by atoms with van der Waals surface area (Å²) in [5.41, 5.74) is 5.72. The molecule has 0 bridgehead atoms. The summed E-state index contributed by atoms with van der Waals surface area (Å²) in [7, 11) is 0. The Balaban J connectivity index is 2.26. The summed E-state index contributed by atoms with van der Waals surface area (Å²) in [5.74, 6) is 1.17. The molecule has 0 saturated carbocycles. The number of rotatable bonds is 3. The standard InChI is InChI=1S/C7H10N6O/c1-2-4(8)6-12-13-7(14-6)5-9-3-10-11-5/h3-4H,2,8H2,1H3,(H,9,10,11). The Morgan fingerprint density at radius 1 is 1.57 bits per heavy atom. The minimum Gasteiger partial charge on any atom is -0.416 e. The monoisotopic (exact) mass is 194 g/mol. The topological polar surface area (TPSA) is 107 Å². The lowest BCUT2D eigenvalue weighted by molar-refractivity contribution is 0.451. The molecule has 7 heteroatoms. The Kier molecular flexibility index (Phi) is 2.23. The molecule has 0 amide bonds. The van der Waals surface area contributed by atoms with Gasteiger partial charge in [-0.05, 0) is 6.42 Å². The molecular weight excluding hydrogens is 184 g/mol. The van der Waals surface area contributed by atoms with Crippen molar-refractivity contribution < 1.29 is 4.42 Å². The first kappa shape index (κ1) is 8.82. The number of nitrogens with zero attached hydrogens (tertiary/aromatic N) is 4. The van der Waals surface area contributed by atoms with Gasteiger partial charge in [0, 0.05) is 0 Å². The van der Waals surface area contributed by atoms with Gasteiger partial charge in [0.2, 0.25) is 11.7 Å². The van der Waals surface area contributed by atoms with Gasteiger partial charge in [0.05, 0.1) is 6.04 Å². The largest absolute Gasteiger partial charge is 0.416 e. The number of hydrogen-bond acceptors (Lipinski definition) is 6. The third-order valence-corrected chi connectivity index (χ3v) is 1.82. The first-order valence-corrected chi connectivity index (χ1v) is 4.26. The van der Waals surface area contributed by atoms with Gasteiger partial charge in [0.15, 0.2) is 0 Å². The van der Waals surface area contributed by atoms with Gasteiger partial charge in [-0.15, -0.1) is 10.2 Å². The first-order valence-electron chi connectivity index (χ1n) is 4.26. The lowest BCUT2D eigenvalue weighted by Crippen LogP contribution is -2.08. The highest BCUT2D eigenvalue weighted by Crippen LogP contribution is 2.16. The van der Waals surface area contributed by atoms with E-state index in [2.05, 4.69) is 25.4 Å². The van der Waals surface area contributed by atoms with Gasteiger partial charge in [0.1, 0.15) is 6.33 Å². The first-order chi connectivity index (χ1) is 6.81. The van der Waals surface area contributed by atoms with Crippen molar-refractivity contribution >= 4 is 0 Å². The summed E-state index contributed by atoms with van der Waals surface area (Å²) in [5, 5.41) is 13.9. The molecule has 2 rings (SSSR count). The normalized spacial score (nSPS) is 13.0. The van der Waals surface area contributed by atoms with E-state index in [-0.39, 0.29) is 6.04 Å². The van der Waals surface area contributed by atoms with E-state index in [1.165, 1.54) is 6.33 Å². The summed E-state index contributed by atoms with van der Waals surface area (Å²) in [6.07, 6.45) is 2.12. The summed E-state index contributed by atoms with van der Waals surface area (Å²) in [4.78, 5) is 3.88. The number of hydrogen-bond donors (Lipinski definition) is 2. The fourth-order valence-corrected chi connectivity index (χ4v) is 0.963. The molecule has 74 valence electrons. The van der Waals surface area contributed by atoms with Crippen molar-refractivity contribution in [2.45, 2.75) is 19.4 Å². The van der Waals surface area contributed by atoms with Crippen molar-refractivity contribution in [3.05, 3.63) is 12.2 Å². The molecule has 1 atom stereocenters. The molecule has 14 heavy (non-hydrogen) atoms. The summed E-state index contributed by atoms with van der Waals surface area (Å²) < 4.78 is 5.30. The van der Waals surface area contributed by atoms with Crippen LogP contribution in [-0.4, -0.2) is 25.4 Å². The summed E-state index contributed by atoms with van der Waals surface area (Å²) in [6.45, 7) is 1.95. The Morgan fingerprint density at radius 3 is 3.07 bits per heavy atom. The van der Waals surface area contributed by atoms with Crippen molar-refractivity contribution in [1.82, 2.24) is 25.4 Å². The van der Waals surface area contributed by atoms with Crippen LogP contribution in [0.2, 0.25) is 0 Å². The van der Waals surface area contributed by atoms with Crippen LogP contribution in [0.25, 0.3) is 11.7 Å². The molecule has 1 unspecified atom stereocenters. The van der Waals surface area contributed by atoms with E-state index in [1.54, 1.807) is 0 Å². The van der Waals surface area contributed by atoms with Crippen LogP contribution in [0.5, 0.6) is 0 Å². The van der Waals surface area contributed by atoms with Crippen molar-refractivity contribution in [2.24, 2.45) is 5.73 Å². The van der Waals surface area contributed by atoms with Crippen LogP contribution in [0.1, 0.15) is 25.3 Å². The highest BCUT2D eigenvalue weighted by molar-refractivity contribution is 5.36. The number of aromatic amines is 1. The zero-order chi connectivity index (χ0) is 9.97. The average Bonchev–Trinajstić information content (AvgIpc) is 2.86. The van der Waals surface area contributed by atoms with E-state index in [1.807, 2.05) is 6.92 Å². The van der Waals surface area contributed by atoms with E-state index < -0.39 is 0 Å². The van der Waals surface area contributed by atoms with E-state index in [9.17, 15) is 0 Å². The second kappa shape index (κ2) is 3.54. The molecular formula is C7H10N6O. The quantitative estimate of drug-likeness (QED) is 0.726. The third kappa shape index (κ3) is 1.49. The van der Waals surface area contributed by atoms with Crippen LogP contribution in [0.4, 0.5) is 0 Å². The molecule has 2 heterocycles. The summed E-state index contributed by atoms with van der Waals surface area (Å²) >= 11 is 0. The highest BCUT2D eigenvalue weighted by Gasteiger charge is 2.14. The maximum absolute atomic E-state index is 5.72. The number of nitrogens with one attached hydrogen (secondary N) is 1. The van der Waals surface area contributed by atoms with Crippen LogP contribution in [0.15, 0.2) is 10.7 Å². The SMILES string of the molecule is CCC(N)c1nnc(-c2ncn[nH]2)o1. The Labute approximate surface area is 79.7 Å².